The predicted octanol–water partition coefficient (Wildman–Crippen LogP) is 3.56. The Balaban J connectivity index is 1.37. The second kappa shape index (κ2) is 9.67. The Morgan fingerprint density at radius 3 is 2.45 bits per heavy atom. The van der Waals surface area contributed by atoms with Gasteiger partial charge in [-0.15, -0.1) is 6.58 Å². The largest absolute Gasteiger partial charge is 0.508 e. The van der Waals surface area contributed by atoms with Crippen molar-refractivity contribution >= 4 is 5.91 Å². The number of rotatable bonds is 7. The summed E-state index contributed by atoms with van der Waals surface area (Å²) < 4.78 is 0. The summed E-state index contributed by atoms with van der Waals surface area (Å²) in [5.41, 5.74) is 5.98. The maximum absolute atomic E-state index is 12.8. The average Bonchev–Trinajstić information content (AvgIpc) is 2.83. The van der Waals surface area contributed by atoms with Crippen molar-refractivity contribution in [1.29, 1.82) is 0 Å². The molecule has 0 spiro atoms. The summed E-state index contributed by atoms with van der Waals surface area (Å²) in [6.07, 6.45) is 6.69. The van der Waals surface area contributed by atoms with E-state index in [2.05, 4.69) is 40.0 Å². The van der Waals surface area contributed by atoms with Crippen molar-refractivity contribution in [2.45, 2.75) is 43.8 Å². The molecule has 3 atom stereocenters. The van der Waals surface area contributed by atoms with E-state index in [4.69, 9.17) is 0 Å². The van der Waals surface area contributed by atoms with E-state index >= 15 is 0 Å². The van der Waals surface area contributed by atoms with Gasteiger partial charge in [0, 0.05) is 50.4 Å². The zero-order valence-corrected chi connectivity index (χ0v) is 19.2. The molecule has 2 aromatic rings. The molecule has 4 aliphatic heterocycles. The number of piperidine rings is 2. The van der Waals surface area contributed by atoms with E-state index in [0.717, 1.165) is 56.7 Å². The molecule has 6 rings (SSSR count). The minimum Gasteiger partial charge on any atom is -0.508 e. The summed E-state index contributed by atoms with van der Waals surface area (Å²) in [5.74, 6) is 0.243. The highest BCUT2D eigenvalue weighted by Gasteiger charge is 2.48. The summed E-state index contributed by atoms with van der Waals surface area (Å²) in [6, 6.07) is 16.7. The van der Waals surface area contributed by atoms with Gasteiger partial charge >= 0.3 is 0 Å². The van der Waals surface area contributed by atoms with Crippen molar-refractivity contribution in [3.05, 3.63) is 77.9 Å². The highest BCUT2D eigenvalue weighted by atomic mass is 16.3. The number of hydrogen-bond acceptors (Lipinski definition) is 5. The van der Waals surface area contributed by atoms with Crippen molar-refractivity contribution in [3.63, 3.8) is 0 Å². The lowest BCUT2D eigenvalue weighted by atomic mass is 9.81. The Kier molecular flexibility index (Phi) is 6.49. The number of aromatic hydroxyl groups is 1. The number of carbonyl (C=O) groups is 1. The number of amides is 1. The molecular formula is C27H34N4O2. The first kappa shape index (κ1) is 22.1. The summed E-state index contributed by atoms with van der Waals surface area (Å²) in [7, 11) is 0. The van der Waals surface area contributed by atoms with Crippen molar-refractivity contribution in [2.24, 2.45) is 0 Å². The third kappa shape index (κ3) is 4.69. The molecule has 2 bridgehead atoms. The van der Waals surface area contributed by atoms with E-state index in [1.807, 2.05) is 35.4 Å². The minimum absolute atomic E-state index is 0.0433. The molecule has 33 heavy (non-hydrogen) atoms. The average molecular weight is 447 g/mol. The van der Waals surface area contributed by atoms with Crippen molar-refractivity contribution in [2.75, 3.05) is 32.7 Å². The SMILES string of the molecule is C=CCN1CC2CC(C1)N2C(c1ccc(C(=O)NN2CCCCC2)cc1)c1cccc(O)c1. The molecule has 0 aromatic heterocycles. The van der Waals surface area contributed by atoms with Gasteiger partial charge in [-0.1, -0.05) is 36.8 Å². The summed E-state index contributed by atoms with van der Waals surface area (Å²) >= 11 is 0. The normalized spacial score (nSPS) is 24.6. The molecule has 6 nitrogen and oxygen atoms in total. The lowest BCUT2D eigenvalue weighted by Gasteiger charge is -2.59. The first-order valence-electron chi connectivity index (χ1n) is 12.2. The Morgan fingerprint density at radius 1 is 1.06 bits per heavy atom. The van der Waals surface area contributed by atoms with Gasteiger partial charge in [0.1, 0.15) is 5.75 Å². The van der Waals surface area contributed by atoms with Crippen molar-refractivity contribution < 1.29 is 9.90 Å². The van der Waals surface area contributed by atoms with Crippen LogP contribution in [-0.2, 0) is 0 Å². The molecule has 4 fully saturated rings. The Bertz CT molecular complexity index is 974. The molecule has 4 aliphatic rings. The number of fused-ring (bicyclic) bond motifs is 2. The molecule has 0 radical (unpaired) electrons. The van der Waals surface area contributed by atoms with Gasteiger partial charge in [0.15, 0.2) is 0 Å². The predicted molar refractivity (Wildman–Crippen MR) is 130 cm³/mol. The number of nitrogens with one attached hydrogen (secondary N) is 1. The lowest BCUT2D eigenvalue weighted by molar-refractivity contribution is -0.0850. The lowest BCUT2D eigenvalue weighted by Crippen LogP contribution is -2.69. The second-order valence-corrected chi connectivity index (χ2v) is 9.61. The maximum Gasteiger partial charge on any atom is 0.265 e. The molecule has 2 N–H and O–H groups in total. The molecule has 0 saturated carbocycles. The Hall–Kier alpha value is -2.67. The molecule has 0 aliphatic carbocycles. The fourth-order valence-corrected chi connectivity index (χ4v) is 5.74. The standard InChI is InChI=1S/C27H34N4O2/c1-2-13-29-18-23-17-24(19-29)31(23)26(22-7-6-8-25(32)16-22)20-9-11-21(12-10-20)27(33)28-30-14-4-3-5-15-30/h2,6-12,16,23-24,26,32H,1,3-5,13-15,17-19H2,(H,28,33). The monoisotopic (exact) mass is 446 g/mol. The van der Waals surface area contributed by atoms with Crippen LogP contribution in [0.25, 0.3) is 0 Å². The first-order chi connectivity index (χ1) is 16.1. The third-order valence-electron chi connectivity index (χ3n) is 7.30. The number of carbonyl (C=O) groups excluding carboxylic acids is 1. The highest BCUT2D eigenvalue weighted by molar-refractivity contribution is 5.93. The second-order valence-electron chi connectivity index (χ2n) is 9.61. The summed E-state index contributed by atoms with van der Waals surface area (Å²) in [5, 5.41) is 12.2. The first-order valence-corrected chi connectivity index (χ1v) is 12.2. The van der Waals surface area contributed by atoms with E-state index in [0.29, 0.717) is 17.6 Å². The van der Waals surface area contributed by atoms with Gasteiger partial charge in [-0.3, -0.25) is 20.0 Å². The zero-order chi connectivity index (χ0) is 22.8. The van der Waals surface area contributed by atoms with Crippen LogP contribution in [-0.4, -0.2) is 70.6 Å². The van der Waals surface area contributed by atoms with Crippen LogP contribution >= 0.6 is 0 Å². The molecule has 174 valence electrons. The molecule has 4 saturated heterocycles. The van der Waals surface area contributed by atoms with Gasteiger partial charge in [0.05, 0.1) is 6.04 Å². The number of phenolic OH excluding ortho intramolecular Hbond substituents is 1. The van der Waals surface area contributed by atoms with Gasteiger partial charge in [0.25, 0.3) is 5.91 Å². The Labute approximate surface area is 196 Å². The molecule has 6 heteroatoms. The molecule has 1 amide bonds. The number of hydrogen-bond donors (Lipinski definition) is 2. The summed E-state index contributed by atoms with van der Waals surface area (Å²) in [4.78, 5) is 17.8. The smallest absolute Gasteiger partial charge is 0.265 e. The van der Waals surface area contributed by atoms with Crippen molar-refractivity contribution in [3.8, 4) is 5.75 Å². The van der Waals surface area contributed by atoms with Crippen LogP contribution in [0.5, 0.6) is 5.75 Å². The van der Waals surface area contributed by atoms with Gasteiger partial charge < -0.3 is 5.11 Å². The number of nitrogens with zero attached hydrogens (tertiary/aromatic N) is 3. The van der Waals surface area contributed by atoms with Crippen LogP contribution in [0.4, 0.5) is 0 Å². The fraction of sp³-hybridized carbons (Fsp3) is 0.444. The molecule has 3 unspecified atom stereocenters. The van der Waals surface area contributed by atoms with E-state index in [9.17, 15) is 9.90 Å². The van der Waals surface area contributed by atoms with Crippen LogP contribution in [0.3, 0.4) is 0 Å². The van der Waals surface area contributed by atoms with Crippen LogP contribution in [0.2, 0.25) is 0 Å². The zero-order valence-electron chi connectivity index (χ0n) is 19.2. The van der Waals surface area contributed by atoms with Gasteiger partial charge in [-0.2, -0.15) is 0 Å². The van der Waals surface area contributed by atoms with Crippen LogP contribution in [0, 0.1) is 0 Å². The number of phenols is 1. The number of hydrazine groups is 1. The van der Waals surface area contributed by atoms with E-state index < -0.39 is 0 Å². The topological polar surface area (TPSA) is 59.0 Å². The van der Waals surface area contributed by atoms with Crippen LogP contribution < -0.4 is 5.43 Å². The number of piperazine rings is 1. The van der Waals surface area contributed by atoms with E-state index in [1.54, 1.807) is 6.07 Å². The van der Waals surface area contributed by atoms with E-state index in [-0.39, 0.29) is 17.7 Å². The Morgan fingerprint density at radius 2 is 1.79 bits per heavy atom. The van der Waals surface area contributed by atoms with Gasteiger partial charge in [-0.25, -0.2) is 5.01 Å². The van der Waals surface area contributed by atoms with Crippen LogP contribution in [0.1, 0.15) is 53.2 Å². The highest BCUT2D eigenvalue weighted by Crippen LogP contribution is 2.43. The van der Waals surface area contributed by atoms with Gasteiger partial charge in [0.2, 0.25) is 0 Å². The molecular weight excluding hydrogens is 412 g/mol. The molecule has 4 heterocycles. The minimum atomic E-state index is -0.0433. The quantitative estimate of drug-likeness (QED) is 0.637. The number of benzene rings is 2. The summed E-state index contributed by atoms with van der Waals surface area (Å²) in [6.45, 7) is 8.74. The third-order valence-corrected chi connectivity index (χ3v) is 7.30. The molecule has 2 aromatic carbocycles. The van der Waals surface area contributed by atoms with Crippen molar-refractivity contribution in [1.82, 2.24) is 20.2 Å². The van der Waals surface area contributed by atoms with E-state index in [1.165, 1.54) is 12.8 Å². The fourth-order valence-electron chi connectivity index (χ4n) is 5.74. The maximum atomic E-state index is 12.8. The van der Waals surface area contributed by atoms with Gasteiger partial charge in [-0.05, 0) is 54.7 Å². The van der Waals surface area contributed by atoms with Crippen LogP contribution in [0.15, 0.2) is 61.2 Å².